The van der Waals surface area contributed by atoms with Crippen LogP contribution in [0.3, 0.4) is 0 Å². The van der Waals surface area contributed by atoms with Crippen LogP contribution in [0, 0.1) is 6.92 Å². The van der Waals surface area contributed by atoms with E-state index in [2.05, 4.69) is 0 Å². The summed E-state index contributed by atoms with van der Waals surface area (Å²) in [7, 11) is 1.00. The predicted octanol–water partition coefficient (Wildman–Crippen LogP) is 0.766. The first-order chi connectivity index (χ1) is 16.0. The lowest BCUT2D eigenvalue weighted by Crippen LogP contribution is -2.42. The van der Waals surface area contributed by atoms with Crippen molar-refractivity contribution >= 4 is 17.5 Å². The fourth-order valence-electron chi connectivity index (χ4n) is 4.47. The Bertz CT molecular complexity index is 1200. The maximum Gasteiger partial charge on any atom is 0.339 e. The van der Waals surface area contributed by atoms with Crippen molar-refractivity contribution in [3.05, 3.63) is 51.1 Å². The Kier molecular flexibility index (Phi) is 6.67. The molecule has 1 saturated heterocycles. The van der Waals surface area contributed by atoms with Crippen LogP contribution in [0.1, 0.15) is 72.8 Å². The van der Waals surface area contributed by atoms with Crippen LogP contribution in [-0.4, -0.2) is 78.7 Å². The van der Waals surface area contributed by atoms with Gasteiger partial charge >= 0.3 is 5.97 Å². The summed E-state index contributed by atoms with van der Waals surface area (Å²) in [4.78, 5) is 37.9. The van der Waals surface area contributed by atoms with Crippen LogP contribution < -0.4 is 0 Å². The number of aromatic hydroxyl groups is 3. The molecule has 182 valence electrons. The maximum absolute atomic E-state index is 13.3. The zero-order valence-corrected chi connectivity index (χ0v) is 18.4. The van der Waals surface area contributed by atoms with Gasteiger partial charge in [-0.2, -0.15) is 0 Å². The lowest BCUT2D eigenvalue weighted by molar-refractivity contribution is -0.166. The van der Waals surface area contributed by atoms with Gasteiger partial charge in [-0.15, -0.1) is 0 Å². The summed E-state index contributed by atoms with van der Waals surface area (Å²) in [6.07, 6.45) is -4.36. The van der Waals surface area contributed by atoms with Gasteiger partial charge in [-0.3, -0.25) is 9.59 Å². The largest absolute Gasteiger partial charge is 0.507 e. The monoisotopic (exact) mass is 476 g/mol. The first kappa shape index (κ1) is 25.1. The summed E-state index contributed by atoms with van der Waals surface area (Å²) in [6.45, 7) is 2.87. The second-order valence-electron chi connectivity index (χ2n) is 8.03. The van der Waals surface area contributed by atoms with Crippen molar-refractivity contribution in [2.45, 2.75) is 44.7 Å². The number of aliphatic hydroxyl groups is 3. The molecule has 0 bridgehead atoms. The number of fused-ring (bicyclic) bond motifs is 2. The smallest absolute Gasteiger partial charge is 0.339 e. The SMILES string of the molecule is CO.Cc1c(C(=O)O)c(O)cc2c1C(=O)c1c(O)c([C@@H]3OC(C)C[C@@H](O)C3O)cc(O)c1C2=O. The summed E-state index contributed by atoms with van der Waals surface area (Å²) in [5.74, 6) is -5.50. The Morgan fingerprint density at radius 3 is 2.18 bits per heavy atom. The fourth-order valence-corrected chi connectivity index (χ4v) is 4.47. The van der Waals surface area contributed by atoms with Crippen LogP contribution in [-0.2, 0) is 4.74 Å². The Morgan fingerprint density at radius 1 is 0.971 bits per heavy atom. The highest BCUT2D eigenvalue weighted by Crippen LogP contribution is 2.46. The number of ketones is 2. The number of phenolic OH excluding ortho intramolecular Hbond substituents is 2. The summed E-state index contributed by atoms with van der Waals surface area (Å²) in [6, 6.07) is 1.81. The number of carbonyl (C=O) groups is 3. The molecule has 2 aromatic rings. The van der Waals surface area contributed by atoms with Gasteiger partial charge in [-0.05, 0) is 31.5 Å². The van der Waals surface area contributed by atoms with Crippen LogP contribution in [0.5, 0.6) is 17.2 Å². The summed E-state index contributed by atoms with van der Waals surface area (Å²) in [5, 5.41) is 68.4. The lowest BCUT2D eigenvalue weighted by Gasteiger charge is -2.37. The molecule has 0 spiro atoms. The van der Waals surface area contributed by atoms with Crippen molar-refractivity contribution in [3.8, 4) is 17.2 Å². The molecule has 1 heterocycles. The number of aromatic carboxylic acids is 1. The Labute approximate surface area is 193 Å². The molecule has 2 aromatic carbocycles. The summed E-state index contributed by atoms with van der Waals surface area (Å²) in [5.41, 5.74) is -2.71. The van der Waals surface area contributed by atoms with Crippen LogP contribution in [0.15, 0.2) is 12.1 Å². The molecule has 1 fully saturated rings. The van der Waals surface area contributed by atoms with Gasteiger partial charge < -0.3 is 40.5 Å². The molecule has 0 aromatic heterocycles. The molecule has 0 saturated carbocycles. The minimum Gasteiger partial charge on any atom is -0.507 e. The molecule has 0 radical (unpaired) electrons. The second-order valence-corrected chi connectivity index (χ2v) is 8.03. The number of aliphatic hydroxyl groups excluding tert-OH is 3. The third-order valence-corrected chi connectivity index (χ3v) is 5.97. The molecule has 11 nitrogen and oxygen atoms in total. The van der Waals surface area contributed by atoms with E-state index in [1.54, 1.807) is 6.92 Å². The number of hydrogen-bond acceptors (Lipinski definition) is 10. The Hall–Kier alpha value is -3.51. The molecule has 4 rings (SSSR count). The molecule has 7 N–H and O–H groups in total. The highest BCUT2D eigenvalue weighted by molar-refractivity contribution is 6.31. The molecule has 0 amide bonds. The minimum absolute atomic E-state index is 0.126. The Balaban J connectivity index is 0.00000158. The van der Waals surface area contributed by atoms with Crippen molar-refractivity contribution in [1.29, 1.82) is 0 Å². The third-order valence-electron chi connectivity index (χ3n) is 5.97. The van der Waals surface area contributed by atoms with E-state index in [0.717, 1.165) is 19.2 Å². The molecular formula is C23H24O11. The molecule has 2 unspecified atom stereocenters. The van der Waals surface area contributed by atoms with E-state index in [-0.39, 0.29) is 28.7 Å². The minimum atomic E-state index is -1.52. The number of ether oxygens (including phenoxy) is 1. The van der Waals surface area contributed by atoms with Gasteiger partial charge in [-0.1, -0.05) is 0 Å². The van der Waals surface area contributed by atoms with Crippen molar-refractivity contribution in [1.82, 2.24) is 0 Å². The Morgan fingerprint density at radius 2 is 1.59 bits per heavy atom. The quantitative estimate of drug-likeness (QED) is 0.257. The topological polar surface area (TPSA) is 202 Å². The number of rotatable bonds is 2. The van der Waals surface area contributed by atoms with Gasteiger partial charge in [0.2, 0.25) is 0 Å². The van der Waals surface area contributed by atoms with E-state index in [4.69, 9.17) is 9.84 Å². The van der Waals surface area contributed by atoms with Gasteiger partial charge in [0.15, 0.2) is 11.6 Å². The number of phenols is 3. The van der Waals surface area contributed by atoms with Gasteiger partial charge in [0.25, 0.3) is 0 Å². The molecular weight excluding hydrogens is 452 g/mol. The molecule has 11 heteroatoms. The van der Waals surface area contributed by atoms with Crippen molar-refractivity contribution in [2.75, 3.05) is 7.11 Å². The van der Waals surface area contributed by atoms with Crippen LogP contribution in [0.2, 0.25) is 0 Å². The van der Waals surface area contributed by atoms with E-state index >= 15 is 0 Å². The van der Waals surface area contributed by atoms with E-state index in [0.29, 0.717) is 0 Å². The van der Waals surface area contributed by atoms with E-state index in [9.17, 15) is 45.0 Å². The highest BCUT2D eigenvalue weighted by Gasteiger charge is 2.43. The van der Waals surface area contributed by atoms with E-state index in [1.807, 2.05) is 0 Å². The fraction of sp³-hybridized carbons (Fsp3) is 0.348. The maximum atomic E-state index is 13.3. The average Bonchev–Trinajstić information content (AvgIpc) is 2.76. The van der Waals surface area contributed by atoms with Crippen molar-refractivity contribution in [3.63, 3.8) is 0 Å². The van der Waals surface area contributed by atoms with Gasteiger partial charge in [0, 0.05) is 30.2 Å². The number of carboxylic acids is 1. The second kappa shape index (κ2) is 9.03. The van der Waals surface area contributed by atoms with Gasteiger partial charge in [0.1, 0.15) is 35.0 Å². The average molecular weight is 476 g/mol. The number of hydrogen-bond donors (Lipinski definition) is 7. The van der Waals surface area contributed by atoms with Crippen LogP contribution in [0.25, 0.3) is 0 Å². The van der Waals surface area contributed by atoms with Gasteiger partial charge in [-0.25, -0.2) is 4.79 Å². The molecule has 34 heavy (non-hydrogen) atoms. The molecule has 4 atom stereocenters. The lowest BCUT2D eigenvalue weighted by atomic mass is 9.78. The highest BCUT2D eigenvalue weighted by atomic mass is 16.5. The molecule has 1 aliphatic heterocycles. The normalized spacial score (nSPS) is 23.5. The number of benzene rings is 2. The van der Waals surface area contributed by atoms with Crippen LogP contribution >= 0.6 is 0 Å². The molecule has 1 aliphatic carbocycles. The van der Waals surface area contributed by atoms with Gasteiger partial charge in [0.05, 0.1) is 23.3 Å². The third kappa shape index (κ3) is 3.68. The number of carbonyl (C=O) groups excluding carboxylic acids is 2. The first-order valence-electron chi connectivity index (χ1n) is 10.2. The standard InChI is InChI=1S/C22H20O10.CH4O/c1-6-3-12(25)19(28)21(32-6)9-5-11(24)15-16(18(9)27)20(29)13-7(2)14(22(30)31)10(23)4-8(13)17(15)26;1-2/h4-6,12,19,21,23-25,27-28H,3H2,1-2H3,(H,30,31);2H,1H3/t6?,12-,19?,21+;/m1./s1. The number of carboxylic acid groups (broad SMARTS) is 1. The van der Waals surface area contributed by atoms with Crippen molar-refractivity contribution in [2.24, 2.45) is 0 Å². The predicted molar refractivity (Wildman–Crippen MR) is 115 cm³/mol. The summed E-state index contributed by atoms with van der Waals surface area (Å²) >= 11 is 0. The zero-order chi connectivity index (χ0) is 25.6. The summed E-state index contributed by atoms with van der Waals surface area (Å²) < 4.78 is 5.62. The molecule has 2 aliphatic rings. The van der Waals surface area contributed by atoms with E-state index < -0.39 is 75.9 Å². The van der Waals surface area contributed by atoms with Crippen LogP contribution in [0.4, 0.5) is 0 Å². The van der Waals surface area contributed by atoms with E-state index in [1.165, 1.54) is 6.92 Å². The zero-order valence-electron chi connectivity index (χ0n) is 18.4. The first-order valence-corrected chi connectivity index (χ1v) is 10.2. The van der Waals surface area contributed by atoms with Crippen molar-refractivity contribution < 1.29 is 54.9 Å².